The number of nitrogens with one attached hydrogen (secondary N) is 1. The van der Waals surface area contributed by atoms with Crippen LogP contribution in [0.2, 0.25) is 0 Å². The van der Waals surface area contributed by atoms with Crippen LogP contribution in [-0.2, 0) is 11.3 Å². The van der Waals surface area contributed by atoms with Gasteiger partial charge in [0, 0.05) is 26.2 Å². The van der Waals surface area contributed by atoms with Gasteiger partial charge in [-0.05, 0) is 10.7 Å². The SMILES string of the molecule is O=C(NCCN1CCOCC1)c1cc(OCc2ccccc2)no1. The predicted octanol–water partition coefficient (Wildman–Crippen LogP) is 1.32. The lowest BCUT2D eigenvalue weighted by molar-refractivity contribution is 0.0382. The Morgan fingerprint density at radius 3 is 2.83 bits per heavy atom. The maximum absolute atomic E-state index is 12.0. The lowest BCUT2D eigenvalue weighted by atomic mass is 10.2. The molecule has 7 heteroatoms. The lowest BCUT2D eigenvalue weighted by Gasteiger charge is -2.26. The summed E-state index contributed by atoms with van der Waals surface area (Å²) < 4.78 is 15.8. The zero-order valence-electron chi connectivity index (χ0n) is 13.4. The smallest absolute Gasteiger partial charge is 0.290 e. The maximum atomic E-state index is 12.0. The largest absolute Gasteiger partial charge is 0.471 e. The number of hydrogen-bond donors (Lipinski definition) is 1. The molecule has 24 heavy (non-hydrogen) atoms. The third-order valence-electron chi connectivity index (χ3n) is 3.76. The second-order valence-corrected chi connectivity index (χ2v) is 5.51. The van der Waals surface area contributed by atoms with E-state index in [9.17, 15) is 4.79 Å². The van der Waals surface area contributed by atoms with Crippen LogP contribution >= 0.6 is 0 Å². The molecule has 0 saturated carbocycles. The average Bonchev–Trinajstić information content (AvgIpc) is 3.11. The molecule has 1 aliphatic rings. The van der Waals surface area contributed by atoms with Crippen LogP contribution in [0.25, 0.3) is 0 Å². The standard InChI is InChI=1S/C17H21N3O4/c21-17(18-6-7-20-8-10-22-11-9-20)15-12-16(19-24-15)23-13-14-4-2-1-3-5-14/h1-5,12H,6-11,13H2,(H,18,21). The summed E-state index contributed by atoms with van der Waals surface area (Å²) in [6, 6.07) is 11.2. The molecule has 1 fully saturated rings. The van der Waals surface area contributed by atoms with Crippen LogP contribution in [-0.4, -0.2) is 55.4 Å². The molecule has 0 radical (unpaired) electrons. The number of morpholine rings is 1. The van der Waals surface area contributed by atoms with Crippen molar-refractivity contribution in [2.24, 2.45) is 0 Å². The molecule has 0 spiro atoms. The van der Waals surface area contributed by atoms with Crippen molar-refractivity contribution in [2.75, 3.05) is 39.4 Å². The number of rotatable bonds is 7. The van der Waals surface area contributed by atoms with E-state index in [1.165, 1.54) is 6.07 Å². The first-order valence-corrected chi connectivity index (χ1v) is 8.03. The van der Waals surface area contributed by atoms with Gasteiger partial charge in [-0.15, -0.1) is 0 Å². The monoisotopic (exact) mass is 331 g/mol. The normalized spacial score (nSPS) is 15.2. The Balaban J connectivity index is 1.41. The van der Waals surface area contributed by atoms with Gasteiger partial charge in [0.25, 0.3) is 11.8 Å². The molecule has 1 aliphatic heterocycles. The Morgan fingerprint density at radius 2 is 2.04 bits per heavy atom. The Labute approximate surface area is 140 Å². The maximum Gasteiger partial charge on any atom is 0.290 e. The number of carbonyl (C=O) groups excluding carboxylic acids is 1. The minimum atomic E-state index is -0.287. The molecule has 1 N–H and O–H groups in total. The Morgan fingerprint density at radius 1 is 1.25 bits per heavy atom. The summed E-state index contributed by atoms with van der Waals surface area (Å²) in [4.78, 5) is 14.3. The second-order valence-electron chi connectivity index (χ2n) is 5.51. The third kappa shape index (κ3) is 4.81. The number of amides is 1. The number of ether oxygens (including phenoxy) is 2. The van der Waals surface area contributed by atoms with Crippen molar-refractivity contribution in [1.29, 1.82) is 0 Å². The van der Waals surface area contributed by atoms with Gasteiger partial charge in [-0.3, -0.25) is 9.69 Å². The molecule has 2 heterocycles. The molecule has 7 nitrogen and oxygen atoms in total. The van der Waals surface area contributed by atoms with Crippen molar-refractivity contribution in [3.8, 4) is 5.88 Å². The van der Waals surface area contributed by atoms with E-state index in [0.29, 0.717) is 19.0 Å². The van der Waals surface area contributed by atoms with Crippen LogP contribution in [0.5, 0.6) is 5.88 Å². The van der Waals surface area contributed by atoms with Crippen molar-refractivity contribution in [3.05, 3.63) is 47.7 Å². The molecule has 1 aromatic heterocycles. The summed E-state index contributed by atoms with van der Waals surface area (Å²) in [6.07, 6.45) is 0. The fourth-order valence-corrected chi connectivity index (χ4v) is 2.40. The molecule has 0 unspecified atom stereocenters. The van der Waals surface area contributed by atoms with E-state index in [2.05, 4.69) is 15.4 Å². The first-order valence-electron chi connectivity index (χ1n) is 8.03. The van der Waals surface area contributed by atoms with Gasteiger partial charge >= 0.3 is 0 Å². The molecule has 1 aromatic carbocycles. The van der Waals surface area contributed by atoms with Crippen molar-refractivity contribution in [2.45, 2.75) is 6.61 Å². The van der Waals surface area contributed by atoms with Gasteiger partial charge in [0.2, 0.25) is 5.76 Å². The Hall–Kier alpha value is -2.38. The van der Waals surface area contributed by atoms with Crippen LogP contribution in [0.3, 0.4) is 0 Å². The van der Waals surface area contributed by atoms with Gasteiger partial charge in [0.15, 0.2) is 0 Å². The van der Waals surface area contributed by atoms with E-state index in [-0.39, 0.29) is 11.7 Å². The topological polar surface area (TPSA) is 76.8 Å². The van der Waals surface area contributed by atoms with Gasteiger partial charge in [-0.2, -0.15) is 0 Å². The first kappa shape index (κ1) is 16.5. The summed E-state index contributed by atoms with van der Waals surface area (Å²) >= 11 is 0. The van der Waals surface area contributed by atoms with E-state index >= 15 is 0 Å². The Bertz CT molecular complexity index is 638. The van der Waals surface area contributed by atoms with E-state index in [4.69, 9.17) is 14.0 Å². The zero-order chi connectivity index (χ0) is 16.6. The minimum Gasteiger partial charge on any atom is -0.471 e. The van der Waals surface area contributed by atoms with Gasteiger partial charge in [-0.25, -0.2) is 0 Å². The fourth-order valence-electron chi connectivity index (χ4n) is 2.40. The van der Waals surface area contributed by atoms with Gasteiger partial charge in [0.1, 0.15) is 6.61 Å². The van der Waals surface area contributed by atoms with Crippen molar-refractivity contribution in [1.82, 2.24) is 15.4 Å². The van der Waals surface area contributed by atoms with Gasteiger partial charge < -0.3 is 19.3 Å². The van der Waals surface area contributed by atoms with Gasteiger partial charge in [-0.1, -0.05) is 30.3 Å². The highest BCUT2D eigenvalue weighted by Gasteiger charge is 2.15. The first-order chi connectivity index (χ1) is 11.8. The van der Waals surface area contributed by atoms with Crippen LogP contribution in [0.15, 0.2) is 40.9 Å². The minimum absolute atomic E-state index is 0.153. The highest BCUT2D eigenvalue weighted by molar-refractivity contribution is 5.91. The molecular formula is C17H21N3O4. The second kappa shape index (κ2) is 8.47. The molecule has 3 rings (SSSR count). The summed E-state index contributed by atoms with van der Waals surface area (Å²) in [5.41, 5.74) is 1.03. The average molecular weight is 331 g/mol. The molecule has 2 aromatic rings. The number of nitrogens with zero attached hydrogens (tertiary/aromatic N) is 2. The van der Waals surface area contributed by atoms with Crippen LogP contribution in [0.4, 0.5) is 0 Å². The molecule has 0 aliphatic carbocycles. The molecule has 128 valence electrons. The fraction of sp³-hybridized carbons (Fsp3) is 0.412. The van der Waals surface area contributed by atoms with Crippen molar-refractivity contribution < 1.29 is 18.8 Å². The quantitative estimate of drug-likeness (QED) is 0.824. The van der Waals surface area contributed by atoms with Crippen LogP contribution in [0.1, 0.15) is 16.1 Å². The van der Waals surface area contributed by atoms with E-state index in [1.54, 1.807) is 0 Å². The molecular weight excluding hydrogens is 310 g/mol. The third-order valence-corrected chi connectivity index (χ3v) is 3.76. The van der Waals surface area contributed by atoms with Crippen LogP contribution in [0, 0.1) is 0 Å². The predicted molar refractivity (Wildman–Crippen MR) is 86.9 cm³/mol. The number of carbonyl (C=O) groups is 1. The summed E-state index contributed by atoms with van der Waals surface area (Å²) in [5.74, 6) is 0.169. The number of hydrogen-bond acceptors (Lipinski definition) is 6. The zero-order valence-corrected chi connectivity index (χ0v) is 13.4. The van der Waals surface area contributed by atoms with Crippen molar-refractivity contribution >= 4 is 5.91 Å². The molecule has 0 bridgehead atoms. The summed E-state index contributed by atoms with van der Waals surface area (Å²) in [5, 5.41) is 6.59. The summed E-state index contributed by atoms with van der Waals surface area (Å²) in [7, 11) is 0. The van der Waals surface area contributed by atoms with E-state index in [0.717, 1.165) is 38.4 Å². The Kier molecular flexibility index (Phi) is 5.81. The molecule has 0 atom stereocenters. The highest BCUT2D eigenvalue weighted by atomic mass is 16.5. The van der Waals surface area contributed by atoms with E-state index in [1.807, 2.05) is 30.3 Å². The number of aromatic nitrogens is 1. The lowest BCUT2D eigenvalue weighted by Crippen LogP contribution is -2.41. The van der Waals surface area contributed by atoms with Crippen molar-refractivity contribution in [3.63, 3.8) is 0 Å². The highest BCUT2D eigenvalue weighted by Crippen LogP contribution is 2.13. The van der Waals surface area contributed by atoms with E-state index < -0.39 is 0 Å². The summed E-state index contributed by atoms with van der Waals surface area (Å²) in [6.45, 7) is 5.02. The molecule has 1 amide bonds. The van der Waals surface area contributed by atoms with Gasteiger partial charge in [0.05, 0.1) is 19.3 Å². The number of benzene rings is 1. The molecule has 1 saturated heterocycles. The van der Waals surface area contributed by atoms with Crippen LogP contribution < -0.4 is 10.1 Å².